The van der Waals surface area contributed by atoms with Crippen molar-refractivity contribution in [3.63, 3.8) is 0 Å². The Morgan fingerprint density at radius 2 is 2.27 bits per heavy atom. The first-order valence-electron chi connectivity index (χ1n) is 4.96. The van der Waals surface area contributed by atoms with Crippen LogP contribution in [-0.4, -0.2) is 24.7 Å². The molecule has 0 saturated carbocycles. The van der Waals surface area contributed by atoms with Crippen molar-refractivity contribution >= 4 is 11.6 Å². The Bertz CT molecular complexity index is 415. The lowest BCUT2D eigenvalue weighted by Crippen LogP contribution is -2.61. The zero-order valence-electron chi connectivity index (χ0n) is 8.02. The molecule has 78 valence electrons. The van der Waals surface area contributed by atoms with Gasteiger partial charge in [-0.3, -0.25) is 4.79 Å². The van der Waals surface area contributed by atoms with Crippen molar-refractivity contribution in [2.24, 2.45) is 0 Å². The van der Waals surface area contributed by atoms with E-state index in [1.54, 1.807) is 17.0 Å². The lowest BCUT2D eigenvalue weighted by Gasteiger charge is -2.45. The molecule has 1 aromatic carbocycles. The third-order valence-corrected chi connectivity index (χ3v) is 2.88. The van der Waals surface area contributed by atoms with Gasteiger partial charge in [0.15, 0.2) is 0 Å². The lowest BCUT2D eigenvalue weighted by molar-refractivity contribution is -0.169. The summed E-state index contributed by atoms with van der Waals surface area (Å²) in [6, 6.07) is 6.10. The van der Waals surface area contributed by atoms with E-state index in [-0.39, 0.29) is 23.9 Å². The van der Waals surface area contributed by atoms with Crippen LogP contribution in [0.5, 0.6) is 0 Å². The second kappa shape index (κ2) is 3.03. The Labute approximate surface area is 86.4 Å². The zero-order chi connectivity index (χ0) is 10.4. The van der Waals surface area contributed by atoms with E-state index in [4.69, 9.17) is 4.74 Å². The average Bonchev–Trinajstić information content (AvgIpc) is 2.16. The Morgan fingerprint density at radius 3 is 2.93 bits per heavy atom. The topological polar surface area (TPSA) is 29.5 Å². The van der Waals surface area contributed by atoms with Crippen LogP contribution < -0.4 is 4.90 Å². The molecule has 3 saturated heterocycles. The summed E-state index contributed by atoms with van der Waals surface area (Å²) in [4.78, 5) is 13.4. The highest BCUT2D eigenvalue weighted by Crippen LogP contribution is 2.32. The van der Waals surface area contributed by atoms with Crippen molar-refractivity contribution in [2.75, 3.05) is 11.4 Å². The number of halogens is 1. The number of amides is 1. The van der Waals surface area contributed by atoms with Crippen molar-refractivity contribution < 1.29 is 13.9 Å². The van der Waals surface area contributed by atoms with Crippen LogP contribution in [0.1, 0.15) is 6.42 Å². The summed E-state index contributed by atoms with van der Waals surface area (Å²) >= 11 is 0. The molecular formula is C11H10FNO2. The molecule has 3 aliphatic heterocycles. The van der Waals surface area contributed by atoms with Crippen LogP contribution in [0.2, 0.25) is 0 Å². The quantitative estimate of drug-likeness (QED) is 0.695. The Kier molecular flexibility index (Phi) is 1.79. The summed E-state index contributed by atoms with van der Waals surface area (Å²) in [5.41, 5.74) is 0.623. The van der Waals surface area contributed by atoms with Gasteiger partial charge in [-0.15, -0.1) is 0 Å². The molecular weight excluding hydrogens is 197 g/mol. The van der Waals surface area contributed by atoms with Crippen molar-refractivity contribution in [3.05, 3.63) is 30.1 Å². The largest absolute Gasteiger partial charge is 0.363 e. The molecule has 0 aromatic heterocycles. The Hall–Kier alpha value is -1.42. The van der Waals surface area contributed by atoms with Gasteiger partial charge in [-0.2, -0.15) is 0 Å². The number of hydrogen-bond acceptors (Lipinski definition) is 2. The molecule has 0 spiro atoms. The Morgan fingerprint density at radius 1 is 1.47 bits per heavy atom. The highest BCUT2D eigenvalue weighted by molar-refractivity contribution is 5.98. The number of nitrogens with zero attached hydrogens (tertiary/aromatic N) is 1. The second-order valence-electron chi connectivity index (χ2n) is 3.91. The number of benzene rings is 1. The molecule has 3 aliphatic rings. The first-order valence-corrected chi connectivity index (χ1v) is 4.96. The van der Waals surface area contributed by atoms with E-state index in [2.05, 4.69) is 0 Å². The minimum atomic E-state index is -0.319. The fourth-order valence-electron chi connectivity index (χ4n) is 2.08. The van der Waals surface area contributed by atoms with E-state index in [0.717, 1.165) is 6.42 Å². The van der Waals surface area contributed by atoms with Crippen molar-refractivity contribution in [1.29, 1.82) is 0 Å². The number of anilines is 1. The zero-order valence-corrected chi connectivity index (χ0v) is 8.02. The van der Waals surface area contributed by atoms with Gasteiger partial charge in [0.1, 0.15) is 11.9 Å². The van der Waals surface area contributed by atoms with E-state index < -0.39 is 0 Å². The minimum Gasteiger partial charge on any atom is -0.363 e. The molecule has 3 fully saturated rings. The van der Waals surface area contributed by atoms with Gasteiger partial charge in [0.05, 0.1) is 12.6 Å². The van der Waals surface area contributed by atoms with Crippen LogP contribution in [0, 0.1) is 5.82 Å². The summed E-state index contributed by atoms with van der Waals surface area (Å²) in [5.74, 6) is -0.372. The second-order valence-corrected chi connectivity index (χ2v) is 3.91. The first kappa shape index (κ1) is 8.85. The molecule has 15 heavy (non-hydrogen) atoms. The number of carbonyl (C=O) groups excluding carboxylic acids is 1. The normalized spacial score (nSPS) is 28.9. The van der Waals surface area contributed by atoms with E-state index >= 15 is 0 Å². The number of fused-ring (bicyclic) bond motifs is 2. The highest BCUT2D eigenvalue weighted by atomic mass is 19.1. The SMILES string of the molecule is O=C1C2CC(CN1c1cccc(F)c1)O2. The molecule has 0 aliphatic carbocycles. The van der Waals surface area contributed by atoms with Gasteiger partial charge in [0.25, 0.3) is 5.91 Å². The third-order valence-electron chi connectivity index (χ3n) is 2.88. The average molecular weight is 207 g/mol. The lowest BCUT2D eigenvalue weighted by atomic mass is 9.97. The fourth-order valence-corrected chi connectivity index (χ4v) is 2.08. The van der Waals surface area contributed by atoms with Crippen molar-refractivity contribution in [2.45, 2.75) is 18.6 Å². The predicted molar refractivity (Wildman–Crippen MR) is 52.0 cm³/mol. The van der Waals surface area contributed by atoms with Crippen LogP contribution in [0.15, 0.2) is 24.3 Å². The van der Waals surface area contributed by atoms with Crippen molar-refractivity contribution in [3.8, 4) is 0 Å². The number of hydrogen-bond donors (Lipinski definition) is 0. The van der Waals surface area contributed by atoms with Crippen LogP contribution in [0.3, 0.4) is 0 Å². The molecule has 3 nitrogen and oxygen atoms in total. The number of rotatable bonds is 1. The van der Waals surface area contributed by atoms with E-state index in [1.165, 1.54) is 12.1 Å². The van der Waals surface area contributed by atoms with Gasteiger partial charge in [0.2, 0.25) is 0 Å². The molecule has 4 heteroatoms. The summed E-state index contributed by atoms with van der Waals surface area (Å²) in [6.45, 7) is 0.540. The summed E-state index contributed by atoms with van der Waals surface area (Å²) in [7, 11) is 0. The van der Waals surface area contributed by atoms with Gasteiger partial charge >= 0.3 is 0 Å². The fraction of sp³-hybridized carbons (Fsp3) is 0.364. The molecule has 1 amide bonds. The summed E-state index contributed by atoms with van der Waals surface area (Å²) in [5, 5.41) is 0. The van der Waals surface area contributed by atoms with Gasteiger partial charge in [-0.1, -0.05) is 6.07 Å². The van der Waals surface area contributed by atoms with E-state index in [1.807, 2.05) is 0 Å². The predicted octanol–water partition coefficient (Wildman–Crippen LogP) is 1.33. The smallest absolute Gasteiger partial charge is 0.256 e. The third kappa shape index (κ3) is 1.33. The molecule has 2 bridgehead atoms. The molecule has 2 unspecified atom stereocenters. The maximum atomic E-state index is 13.0. The van der Waals surface area contributed by atoms with Gasteiger partial charge in [-0.25, -0.2) is 4.39 Å². The summed E-state index contributed by atoms with van der Waals surface area (Å²) in [6.07, 6.45) is 0.646. The molecule has 4 rings (SSSR count). The number of ether oxygens (including phenoxy) is 1. The van der Waals surface area contributed by atoms with Crippen LogP contribution >= 0.6 is 0 Å². The number of carbonyl (C=O) groups is 1. The van der Waals surface area contributed by atoms with Crippen LogP contribution in [0.25, 0.3) is 0 Å². The first-order chi connectivity index (χ1) is 7.24. The van der Waals surface area contributed by atoms with E-state index in [0.29, 0.717) is 12.2 Å². The molecule has 1 aromatic rings. The minimum absolute atomic E-state index is 0.0527. The van der Waals surface area contributed by atoms with Gasteiger partial charge in [0, 0.05) is 12.1 Å². The van der Waals surface area contributed by atoms with Crippen LogP contribution in [0.4, 0.5) is 10.1 Å². The monoisotopic (exact) mass is 207 g/mol. The Balaban J connectivity index is 1.91. The van der Waals surface area contributed by atoms with Gasteiger partial charge in [-0.05, 0) is 18.2 Å². The van der Waals surface area contributed by atoms with Gasteiger partial charge < -0.3 is 9.64 Å². The standard InChI is InChI=1S/C11H10FNO2/c12-7-2-1-3-8(4-7)13-6-9-5-10(15-9)11(13)14/h1-4,9-10H,5-6H2. The van der Waals surface area contributed by atoms with Crippen LogP contribution in [-0.2, 0) is 9.53 Å². The molecule has 2 atom stereocenters. The highest BCUT2D eigenvalue weighted by Gasteiger charge is 2.45. The maximum absolute atomic E-state index is 13.0. The molecule has 0 N–H and O–H groups in total. The number of piperidine rings is 1. The van der Waals surface area contributed by atoms with E-state index in [9.17, 15) is 9.18 Å². The number of morpholine rings is 1. The summed E-state index contributed by atoms with van der Waals surface area (Å²) < 4.78 is 18.3. The molecule has 3 heterocycles. The van der Waals surface area contributed by atoms with Crippen molar-refractivity contribution in [1.82, 2.24) is 0 Å². The molecule has 0 radical (unpaired) electrons. The maximum Gasteiger partial charge on any atom is 0.256 e.